The summed E-state index contributed by atoms with van der Waals surface area (Å²) in [7, 11) is 0. The zero-order valence-corrected chi connectivity index (χ0v) is 22.8. The molecule has 2 saturated heterocycles. The highest BCUT2D eigenvalue weighted by Gasteiger charge is 2.27. The van der Waals surface area contributed by atoms with Crippen molar-refractivity contribution in [3.05, 3.63) is 88.4 Å². The molecule has 2 aliphatic rings. The third-order valence-electron chi connectivity index (χ3n) is 7.99. The summed E-state index contributed by atoms with van der Waals surface area (Å²) in [4.78, 5) is 23.1. The zero-order chi connectivity index (χ0) is 29.2. The van der Waals surface area contributed by atoms with Gasteiger partial charge in [-0.2, -0.15) is 5.26 Å². The molecule has 2 aromatic carbocycles. The van der Waals surface area contributed by atoms with Crippen LogP contribution in [0.3, 0.4) is 0 Å². The molecule has 6 rings (SSSR count). The molecule has 9 nitrogen and oxygen atoms in total. The Hall–Kier alpha value is -4.40. The molecular formula is C31H29F2N5O4. The van der Waals surface area contributed by atoms with E-state index in [9.17, 15) is 18.7 Å². The number of nitriles is 1. The van der Waals surface area contributed by atoms with Gasteiger partial charge in [-0.1, -0.05) is 12.1 Å². The molecule has 2 fully saturated rings. The minimum absolute atomic E-state index is 0.00240. The highest BCUT2D eigenvalue weighted by atomic mass is 19.1. The Morgan fingerprint density at radius 1 is 1.10 bits per heavy atom. The number of aromatic carboxylic acids is 1. The number of imidazole rings is 1. The molecule has 4 aromatic rings. The first-order valence-corrected chi connectivity index (χ1v) is 13.9. The van der Waals surface area contributed by atoms with E-state index in [0.717, 1.165) is 44.1 Å². The summed E-state index contributed by atoms with van der Waals surface area (Å²) < 4.78 is 42.4. The van der Waals surface area contributed by atoms with Crippen molar-refractivity contribution in [2.24, 2.45) is 0 Å². The summed E-state index contributed by atoms with van der Waals surface area (Å²) in [5, 5.41) is 18.4. The van der Waals surface area contributed by atoms with Crippen LogP contribution in [0.5, 0.6) is 5.88 Å². The number of halogens is 2. The number of hydrogen-bond donors (Lipinski definition) is 1. The fraction of sp³-hybridized carbons (Fsp3) is 0.355. The van der Waals surface area contributed by atoms with E-state index in [0.29, 0.717) is 42.5 Å². The summed E-state index contributed by atoms with van der Waals surface area (Å²) in [6.45, 7) is 3.24. The van der Waals surface area contributed by atoms with Crippen LogP contribution in [0.15, 0.2) is 48.5 Å². The number of carboxylic acid groups (broad SMARTS) is 1. The Bertz CT molecular complexity index is 1670. The van der Waals surface area contributed by atoms with Crippen LogP contribution in [0, 0.1) is 23.0 Å². The van der Waals surface area contributed by atoms with E-state index in [-0.39, 0.29) is 35.3 Å². The SMILES string of the molecule is N#Cc1ccc(COc2cccc(C3CCN(Cc4nc5c(F)cc(C(=O)O)cc5n4C[C@@H]4CCO4)CC3)n2)c(F)c1. The van der Waals surface area contributed by atoms with Crippen LogP contribution >= 0.6 is 0 Å². The third kappa shape index (κ3) is 5.82. The van der Waals surface area contributed by atoms with Crippen LogP contribution in [0.1, 0.15) is 58.2 Å². The highest BCUT2D eigenvalue weighted by Crippen LogP contribution is 2.30. The second kappa shape index (κ2) is 11.8. The molecule has 2 aromatic heterocycles. The van der Waals surface area contributed by atoms with Gasteiger partial charge in [0, 0.05) is 29.8 Å². The quantitative estimate of drug-likeness (QED) is 0.297. The molecule has 42 heavy (non-hydrogen) atoms. The first-order valence-electron chi connectivity index (χ1n) is 13.9. The van der Waals surface area contributed by atoms with Gasteiger partial charge in [0.1, 0.15) is 23.8 Å². The van der Waals surface area contributed by atoms with Gasteiger partial charge < -0.3 is 19.1 Å². The van der Waals surface area contributed by atoms with Gasteiger partial charge in [0.25, 0.3) is 0 Å². The number of benzene rings is 2. The molecule has 216 valence electrons. The van der Waals surface area contributed by atoms with Gasteiger partial charge in [-0.3, -0.25) is 4.90 Å². The number of carbonyl (C=O) groups is 1. The summed E-state index contributed by atoms with van der Waals surface area (Å²) >= 11 is 0. The van der Waals surface area contributed by atoms with E-state index in [1.165, 1.54) is 12.1 Å². The molecule has 0 saturated carbocycles. The van der Waals surface area contributed by atoms with Gasteiger partial charge in [0.05, 0.1) is 41.9 Å². The smallest absolute Gasteiger partial charge is 0.335 e. The number of aromatic nitrogens is 3. The Kier molecular flexibility index (Phi) is 7.82. The van der Waals surface area contributed by atoms with Gasteiger partial charge in [-0.25, -0.2) is 23.5 Å². The van der Waals surface area contributed by atoms with E-state index in [4.69, 9.17) is 14.7 Å². The largest absolute Gasteiger partial charge is 0.478 e. The van der Waals surface area contributed by atoms with Crippen molar-refractivity contribution in [2.75, 3.05) is 19.7 Å². The number of nitrogens with zero attached hydrogens (tertiary/aromatic N) is 5. The van der Waals surface area contributed by atoms with E-state index < -0.39 is 17.6 Å². The first-order chi connectivity index (χ1) is 20.4. The van der Waals surface area contributed by atoms with E-state index >= 15 is 0 Å². The van der Waals surface area contributed by atoms with Crippen LogP contribution in [-0.4, -0.2) is 56.3 Å². The van der Waals surface area contributed by atoms with Crippen LogP contribution in [0.25, 0.3) is 11.0 Å². The highest BCUT2D eigenvalue weighted by molar-refractivity contribution is 5.92. The van der Waals surface area contributed by atoms with Crippen molar-refractivity contribution >= 4 is 17.0 Å². The molecule has 0 unspecified atom stereocenters. The number of ether oxygens (including phenoxy) is 2. The average molecular weight is 574 g/mol. The fourth-order valence-electron chi connectivity index (χ4n) is 5.52. The summed E-state index contributed by atoms with van der Waals surface area (Å²) in [5.41, 5.74) is 2.05. The molecule has 1 atom stereocenters. The molecule has 0 spiro atoms. The minimum Gasteiger partial charge on any atom is -0.478 e. The van der Waals surface area contributed by atoms with Gasteiger partial charge >= 0.3 is 5.97 Å². The summed E-state index contributed by atoms with van der Waals surface area (Å²) in [5.74, 6) is -1.01. The van der Waals surface area contributed by atoms with Crippen molar-refractivity contribution in [1.82, 2.24) is 19.4 Å². The maximum atomic E-state index is 14.9. The lowest BCUT2D eigenvalue weighted by molar-refractivity contribution is -0.0592. The van der Waals surface area contributed by atoms with Crippen molar-refractivity contribution in [3.8, 4) is 11.9 Å². The number of piperidine rings is 1. The maximum Gasteiger partial charge on any atom is 0.335 e. The van der Waals surface area contributed by atoms with E-state index in [1.54, 1.807) is 18.2 Å². The summed E-state index contributed by atoms with van der Waals surface area (Å²) in [6, 6.07) is 14.3. The number of likely N-dealkylation sites (tertiary alicyclic amines) is 1. The number of carboxylic acids is 1. The molecule has 0 aliphatic carbocycles. The third-order valence-corrected chi connectivity index (χ3v) is 7.99. The molecule has 0 bridgehead atoms. The molecule has 11 heteroatoms. The van der Waals surface area contributed by atoms with Crippen molar-refractivity contribution in [2.45, 2.75) is 51.0 Å². The minimum atomic E-state index is -1.18. The lowest BCUT2D eigenvalue weighted by Gasteiger charge is -2.32. The Balaban J connectivity index is 1.12. The topological polar surface area (TPSA) is 114 Å². The van der Waals surface area contributed by atoms with Gasteiger partial charge in [-0.05, 0) is 62.7 Å². The molecule has 0 radical (unpaired) electrons. The second-order valence-corrected chi connectivity index (χ2v) is 10.7. The monoisotopic (exact) mass is 573 g/mol. The molecule has 2 aliphatic heterocycles. The Morgan fingerprint density at radius 2 is 1.90 bits per heavy atom. The average Bonchev–Trinajstić information content (AvgIpc) is 3.31. The molecular weight excluding hydrogens is 544 g/mol. The zero-order valence-electron chi connectivity index (χ0n) is 22.8. The van der Waals surface area contributed by atoms with Crippen molar-refractivity contribution < 1.29 is 28.2 Å². The van der Waals surface area contributed by atoms with Gasteiger partial charge in [-0.15, -0.1) is 0 Å². The van der Waals surface area contributed by atoms with Crippen molar-refractivity contribution in [3.63, 3.8) is 0 Å². The predicted molar refractivity (Wildman–Crippen MR) is 148 cm³/mol. The maximum absolute atomic E-state index is 14.9. The van der Waals surface area contributed by atoms with Crippen LogP contribution < -0.4 is 4.74 Å². The lowest BCUT2D eigenvalue weighted by Crippen LogP contribution is -2.35. The predicted octanol–water partition coefficient (Wildman–Crippen LogP) is 5.03. The van der Waals surface area contributed by atoms with Crippen LogP contribution in [-0.2, 0) is 24.4 Å². The fourth-order valence-corrected chi connectivity index (χ4v) is 5.52. The standard InChI is InChI=1S/C31H29F2N5O4/c32-24-12-19(15-34)4-5-21(24)18-42-29-3-1-2-26(35-29)20-6-9-37(10-7-20)17-28-36-30-25(33)13-22(31(39)40)14-27(30)38(28)16-23-8-11-41-23/h1-5,12-14,20,23H,6-11,16-18H2,(H,39,40)/t23-/m0/s1. The number of pyridine rings is 1. The van der Waals surface area contributed by atoms with E-state index in [2.05, 4.69) is 14.9 Å². The normalized spacial score (nSPS) is 17.6. The summed E-state index contributed by atoms with van der Waals surface area (Å²) in [6.07, 6.45) is 2.59. The Morgan fingerprint density at radius 3 is 2.60 bits per heavy atom. The number of rotatable bonds is 9. The van der Waals surface area contributed by atoms with Gasteiger partial charge in [0.2, 0.25) is 5.88 Å². The Labute approximate surface area is 240 Å². The molecule has 0 amide bonds. The van der Waals surface area contributed by atoms with Crippen molar-refractivity contribution in [1.29, 1.82) is 5.26 Å². The molecule has 1 N–H and O–H groups in total. The van der Waals surface area contributed by atoms with Crippen LogP contribution in [0.2, 0.25) is 0 Å². The first kappa shape index (κ1) is 27.8. The second-order valence-electron chi connectivity index (χ2n) is 10.7. The van der Waals surface area contributed by atoms with Gasteiger partial charge in [0.15, 0.2) is 5.82 Å². The number of fused-ring (bicyclic) bond motifs is 1. The van der Waals surface area contributed by atoms with Crippen LogP contribution in [0.4, 0.5) is 8.78 Å². The van der Waals surface area contributed by atoms with E-state index in [1.807, 2.05) is 22.8 Å². The number of hydrogen-bond acceptors (Lipinski definition) is 7. The lowest BCUT2D eigenvalue weighted by atomic mass is 9.93. The molecule has 4 heterocycles.